The summed E-state index contributed by atoms with van der Waals surface area (Å²) in [6.45, 7) is 3.72. The molecular formula is C18H19Cl2NO3. The standard InChI is InChI=1S/C18H19Cl2NO3/c1-10(21-24-2)17(23)18-8-11(6-16(18)22)5-13(9-18)12-3-4-14(19)15(20)7-12/h3-4,7,9,11,16,21-22H,1,5-6,8H2,2H3/t11?,16?,18-/m1/s1. The van der Waals surface area contributed by atoms with Crippen molar-refractivity contribution >= 4 is 34.6 Å². The van der Waals surface area contributed by atoms with Gasteiger partial charge in [-0.3, -0.25) is 15.1 Å². The number of benzene rings is 1. The summed E-state index contributed by atoms with van der Waals surface area (Å²) in [5.74, 6) is 0.00496. The first-order valence-electron chi connectivity index (χ1n) is 7.75. The van der Waals surface area contributed by atoms with E-state index in [4.69, 9.17) is 28.0 Å². The molecule has 3 rings (SSSR count). The fourth-order valence-electron chi connectivity index (χ4n) is 3.87. The van der Waals surface area contributed by atoms with Crippen molar-refractivity contribution < 1.29 is 14.7 Å². The molecule has 1 aromatic carbocycles. The monoisotopic (exact) mass is 367 g/mol. The smallest absolute Gasteiger partial charge is 0.192 e. The van der Waals surface area contributed by atoms with Crippen molar-refractivity contribution in [3.63, 3.8) is 0 Å². The van der Waals surface area contributed by atoms with Gasteiger partial charge in [-0.05, 0) is 48.4 Å². The minimum absolute atomic E-state index is 0.142. The molecule has 2 aliphatic carbocycles. The molecule has 1 fully saturated rings. The molecule has 24 heavy (non-hydrogen) atoms. The van der Waals surface area contributed by atoms with Gasteiger partial charge in [0.2, 0.25) is 0 Å². The van der Waals surface area contributed by atoms with Gasteiger partial charge in [-0.15, -0.1) is 0 Å². The third kappa shape index (κ3) is 2.88. The van der Waals surface area contributed by atoms with E-state index in [0.717, 1.165) is 17.6 Å². The van der Waals surface area contributed by atoms with Gasteiger partial charge in [0, 0.05) is 0 Å². The van der Waals surface area contributed by atoms with Gasteiger partial charge in [0.25, 0.3) is 0 Å². The van der Waals surface area contributed by atoms with Crippen molar-refractivity contribution in [2.24, 2.45) is 11.3 Å². The fourth-order valence-corrected chi connectivity index (χ4v) is 4.17. The van der Waals surface area contributed by atoms with Gasteiger partial charge in [0.05, 0.1) is 34.4 Å². The maximum absolute atomic E-state index is 12.9. The number of Topliss-reactive ketones (excluding diaryl/α,β-unsaturated/α-hetero) is 1. The summed E-state index contributed by atoms with van der Waals surface area (Å²) in [6, 6.07) is 5.43. The van der Waals surface area contributed by atoms with Crippen LogP contribution in [0.5, 0.6) is 0 Å². The summed E-state index contributed by atoms with van der Waals surface area (Å²) in [4.78, 5) is 17.7. The second kappa shape index (κ2) is 6.52. The van der Waals surface area contributed by atoms with E-state index in [1.807, 2.05) is 12.1 Å². The first-order chi connectivity index (χ1) is 11.4. The predicted molar refractivity (Wildman–Crippen MR) is 94.5 cm³/mol. The summed E-state index contributed by atoms with van der Waals surface area (Å²) in [7, 11) is 1.42. The predicted octanol–water partition coefficient (Wildman–Crippen LogP) is 3.77. The topological polar surface area (TPSA) is 58.6 Å². The Labute approximate surface area is 151 Å². The number of halogens is 2. The van der Waals surface area contributed by atoms with E-state index in [-0.39, 0.29) is 17.4 Å². The van der Waals surface area contributed by atoms with Crippen LogP contribution in [0.1, 0.15) is 24.8 Å². The zero-order valence-electron chi connectivity index (χ0n) is 13.3. The van der Waals surface area contributed by atoms with Gasteiger partial charge in [0.15, 0.2) is 5.78 Å². The second-order valence-corrected chi connectivity index (χ2v) is 7.29. The average Bonchev–Trinajstić information content (AvgIpc) is 2.79. The van der Waals surface area contributed by atoms with Gasteiger partial charge in [-0.1, -0.05) is 41.9 Å². The Morgan fingerprint density at radius 2 is 2.17 bits per heavy atom. The van der Waals surface area contributed by atoms with Crippen LogP contribution in [-0.2, 0) is 9.63 Å². The zero-order chi connectivity index (χ0) is 17.5. The van der Waals surface area contributed by atoms with Crippen molar-refractivity contribution in [3.05, 3.63) is 52.2 Å². The number of fused-ring (bicyclic) bond motifs is 2. The fraction of sp³-hybridized carbons (Fsp3) is 0.389. The van der Waals surface area contributed by atoms with E-state index in [9.17, 15) is 9.90 Å². The molecule has 3 atom stereocenters. The molecule has 0 spiro atoms. The Balaban J connectivity index is 2.02. The molecule has 2 aliphatic rings. The Hall–Kier alpha value is -1.33. The highest BCUT2D eigenvalue weighted by molar-refractivity contribution is 6.42. The highest BCUT2D eigenvalue weighted by Gasteiger charge is 2.53. The van der Waals surface area contributed by atoms with E-state index in [1.165, 1.54) is 7.11 Å². The van der Waals surface area contributed by atoms with Crippen LogP contribution in [0.15, 0.2) is 36.6 Å². The van der Waals surface area contributed by atoms with Gasteiger partial charge in [0.1, 0.15) is 0 Å². The Morgan fingerprint density at radius 1 is 1.42 bits per heavy atom. The Morgan fingerprint density at radius 3 is 2.83 bits per heavy atom. The van der Waals surface area contributed by atoms with Gasteiger partial charge >= 0.3 is 0 Å². The average molecular weight is 368 g/mol. The molecular weight excluding hydrogens is 349 g/mol. The van der Waals surface area contributed by atoms with E-state index >= 15 is 0 Å². The molecule has 0 aliphatic heterocycles. The maximum atomic E-state index is 12.9. The number of nitrogens with one attached hydrogen (secondary N) is 1. The lowest BCUT2D eigenvalue weighted by atomic mass is 9.72. The third-order valence-electron chi connectivity index (χ3n) is 4.93. The highest BCUT2D eigenvalue weighted by atomic mass is 35.5. The second-order valence-electron chi connectivity index (χ2n) is 6.48. The molecule has 2 N–H and O–H groups in total. The number of rotatable bonds is 5. The first kappa shape index (κ1) is 17.5. The van der Waals surface area contributed by atoms with E-state index in [1.54, 1.807) is 12.1 Å². The molecule has 0 aromatic heterocycles. The van der Waals surface area contributed by atoms with Crippen LogP contribution < -0.4 is 5.48 Å². The van der Waals surface area contributed by atoms with E-state index in [2.05, 4.69) is 12.1 Å². The number of carbonyl (C=O) groups excluding carboxylic acids is 1. The first-order valence-corrected chi connectivity index (χ1v) is 8.51. The number of hydrogen-bond donors (Lipinski definition) is 2. The lowest BCUT2D eigenvalue weighted by molar-refractivity contribution is -0.128. The van der Waals surface area contributed by atoms with E-state index < -0.39 is 11.5 Å². The number of ketones is 1. The quantitative estimate of drug-likeness (QED) is 0.614. The molecule has 2 unspecified atom stereocenters. The number of aliphatic hydroxyl groups excluding tert-OH is 1. The lowest BCUT2D eigenvalue weighted by Crippen LogP contribution is -2.41. The summed E-state index contributed by atoms with van der Waals surface area (Å²) < 4.78 is 0. The Kier molecular flexibility index (Phi) is 4.76. The molecule has 1 saturated carbocycles. The van der Waals surface area contributed by atoms with Crippen molar-refractivity contribution in [2.45, 2.75) is 25.4 Å². The molecule has 4 nitrogen and oxygen atoms in total. The van der Waals surface area contributed by atoms with Crippen molar-refractivity contribution in [1.29, 1.82) is 0 Å². The molecule has 2 bridgehead atoms. The molecule has 6 heteroatoms. The largest absolute Gasteiger partial charge is 0.392 e. The summed E-state index contributed by atoms with van der Waals surface area (Å²) in [6.07, 6.45) is 3.15. The van der Waals surface area contributed by atoms with Crippen molar-refractivity contribution in [1.82, 2.24) is 5.48 Å². The normalized spacial score (nSPS) is 28.4. The molecule has 128 valence electrons. The number of hydrogen-bond acceptors (Lipinski definition) is 4. The molecule has 0 saturated heterocycles. The highest BCUT2D eigenvalue weighted by Crippen LogP contribution is 2.53. The molecule has 1 aromatic rings. The van der Waals surface area contributed by atoms with E-state index in [0.29, 0.717) is 22.9 Å². The van der Waals surface area contributed by atoms with Crippen LogP contribution in [0.4, 0.5) is 0 Å². The van der Waals surface area contributed by atoms with Crippen LogP contribution in [0, 0.1) is 11.3 Å². The molecule has 0 heterocycles. The minimum Gasteiger partial charge on any atom is -0.392 e. The van der Waals surface area contributed by atoms with Gasteiger partial charge in [-0.2, -0.15) is 0 Å². The van der Waals surface area contributed by atoms with Gasteiger partial charge in [-0.25, -0.2) is 0 Å². The van der Waals surface area contributed by atoms with Crippen LogP contribution in [-0.4, -0.2) is 24.1 Å². The van der Waals surface area contributed by atoms with Crippen molar-refractivity contribution in [2.75, 3.05) is 7.11 Å². The van der Waals surface area contributed by atoms with Crippen LogP contribution >= 0.6 is 23.2 Å². The number of carbonyl (C=O) groups is 1. The Bertz CT molecular complexity index is 731. The minimum atomic E-state index is -0.965. The van der Waals surface area contributed by atoms with Crippen LogP contribution in [0.3, 0.4) is 0 Å². The molecule has 0 radical (unpaired) electrons. The SMILES string of the molecule is C=C(NOC)C(=O)[C@]12C=C(c3ccc(Cl)c(Cl)c3)CC(CC1O)C2. The van der Waals surface area contributed by atoms with Crippen LogP contribution in [0.2, 0.25) is 10.0 Å². The van der Waals surface area contributed by atoms with Crippen molar-refractivity contribution in [3.8, 4) is 0 Å². The van der Waals surface area contributed by atoms with Crippen LogP contribution in [0.25, 0.3) is 5.57 Å². The number of aliphatic hydroxyl groups is 1. The lowest BCUT2D eigenvalue weighted by Gasteiger charge is -2.32. The molecule has 0 amide bonds. The maximum Gasteiger partial charge on any atom is 0.192 e. The zero-order valence-corrected chi connectivity index (χ0v) is 14.8. The van der Waals surface area contributed by atoms with Gasteiger partial charge < -0.3 is 5.11 Å². The summed E-state index contributed by atoms with van der Waals surface area (Å²) >= 11 is 12.1. The number of hydroxylamine groups is 1. The third-order valence-corrected chi connectivity index (χ3v) is 5.67. The number of allylic oxidation sites excluding steroid dienone is 2. The summed E-state index contributed by atoms with van der Waals surface area (Å²) in [5.41, 5.74) is 3.59. The summed E-state index contributed by atoms with van der Waals surface area (Å²) in [5, 5.41) is 11.5.